The average molecular weight is 483 g/mol. The summed E-state index contributed by atoms with van der Waals surface area (Å²) in [4.78, 5) is 64.0. The second-order valence-corrected chi connectivity index (χ2v) is 11.8. The van der Waals surface area contributed by atoms with Gasteiger partial charge in [0.25, 0.3) is 0 Å². The molecule has 0 aromatic rings. The maximum atomic E-state index is 13.8. The van der Waals surface area contributed by atoms with Crippen LogP contribution < -0.4 is 0 Å². The highest BCUT2D eigenvalue weighted by Crippen LogP contribution is 2.64. The number of rotatable bonds is 4. The van der Waals surface area contributed by atoms with E-state index in [2.05, 4.69) is 0 Å². The molecule has 4 aliphatic rings. The summed E-state index contributed by atoms with van der Waals surface area (Å²) in [6, 6.07) is 0. The molecule has 0 aliphatic heterocycles. The lowest BCUT2D eigenvalue weighted by molar-refractivity contribution is -0.185. The van der Waals surface area contributed by atoms with Crippen molar-refractivity contribution in [1.29, 1.82) is 0 Å². The van der Waals surface area contributed by atoms with Gasteiger partial charge in [0, 0.05) is 29.7 Å². The van der Waals surface area contributed by atoms with Gasteiger partial charge in [0.15, 0.2) is 23.8 Å². The standard InChI is InChI=1S/C28H34O7/c1-16(29)35-28(22(32)15-34-24(33)25(2,3)4)12-10-20-19-8-7-17-13-18(30)9-11-26(17,5)23(19)21(31)14-27(20,28)6/h9,11,13,20H,7-8,10,12,14-15H2,1-6H3/t20-,26-,27-,28-/m0/s1. The number of hydrogen-bond donors (Lipinski definition) is 0. The zero-order valence-electron chi connectivity index (χ0n) is 21.4. The molecular formula is C28H34O7. The van der Waals surface area contributed by atoms with Gasteiger partial charge in [-0.1, -0.05) is 24.1 Å². The number of hydrogen-bond acceptors (Lipinski definition) is 7. The molecule has 0 amide bonds. The lowest BCUT2D eigenvalue weighted by atomic mass is 9.53. The van der Waals surface area contributed by atoms with Crippen LogP contribution in [0, 0.1) is 22.2 Å². The molecule has 7 nitrogen and oxygen atoms in total. The predicted molar refractivity (Wildman–Crippen MR) is 127 cm³/mol. The van der Waals surface area contributed by atoms with Crippen molar-refractivity contribution in [1.82, 2.24) is 0 Å². The molecule has 0 radical (unpaired) electrons. The highest BCUT2D eigenvalue weighted by molar-refractivity contribution is 6.06. The zero-order chi connectivity index (χ0) is 26.0. The van der Waals surface area contributed by atoms with Gasteiger partial charge in [-0.2, -0.15) is 0 Å². The van der Waals surface area contributed by atoms with E-state index in [-0.39, 0.29) is 30.3 Å². The van der Waals surface area contributed by atoms with Gasteiger partial charge in [0.2, 0.25) is 5.78 Å². The fourth-order valence-corrected chi connectivity index (χ4v) is 6.72. The van der Waals surface area contributed by atoms with Crippen LogP contribution in [-0.4, -0.2) is 41.5 Å². The van der Waals surface area contributed by atoms with E-state index in [4.69, 9.17) is 9.47 Å². The Labute approximate surface area is 206 Å². The van der Waals surface area contributed by atoms with Crippen LogP contribution in [-0.2, 0) is 33.4 Å². The van der Waals surface area contributed by atoms with E-state index in [1.165, 1.54) is 13.0 Å². The number of carbonyl (C=O) groups excluding carboxylic acids is 5. The third-order valence-corrected chi connectivity index (χ3v) is 8.49. The van der Waals surface area contributed by atoms with Crippen LogP contribution in [0.4, 0.5) is 0 Å². The molecule has 0 aromatic carbocycles. The maximum Gasteiger partial charge on any atom is 0.311 e. The van der Waals surface area contributed by atoms with Crippen LogP contribution in [0.3, 0.4) is 0 Å². The highest BCUT2D eigenvalue weighted by Gasteiger charge is 2.67. The summed E-state index contributed by atoms with van der Waals surface area (Å²) in [5.41, 5.74) is -1.28. The Hall–Kier alpha value is -2.83. The molecule has 35 heavy (non-hydrogen) atoms. The molecule has 0 heterocycles. The number of esters is 2. The first-order chi connectivity index (χ1) is 16.2. The monoisotopic (exact) mass is 482 g/mol. The SMILES string of the molecule is CC(=O)O[C@]1(C(=O)COC(=O)C(C)(C)C)CC[C@H]2C3=C(C(=O)C[C@@]21C)[C@@]1(C)C=CC(=O)C=C1CC3. The first-order valence-corrected chi connectivity index (χ1v) is 12.3. The number of fused-ring (bicyclic) bond motifs is 4. The normalized spacial score (nSPS) is 34.0. The van der Waals surface area contributed by atoms with Crippen LogP contribution in [0.15, 0.2) is 34.9 Å². The van der Waals surface area contributed by atoms with Crippen molar-refractivity contribution in [3.8, 4) is 0 Å². The Morgan fingerprint density at radius 1 is 1.11 bits per heavy atom. The quantitative estimate of drug-likeness (QED) is 0.558. The molecule has 1 saturated carbocycles. The Bertz CT molecular complexity index is 1130. The first kappa shape index (κ1) is 25.3. The van der Waals surface area contributed by atoms with Crippen LogP contribution in [0.2, 0.25) is 0 Å². The number of ketones is 3. The van der Waals surface area contributed by atoms with Gasteiger partial charge >= 0.3 is 11.9 Å². The van der Waals surface area contributed by atoms with Crippen molar-refractivity contribution in [2.75, 3.05) is 6.61 Å². The third kappa shape index (κ3) is 3.74. The van der Waals surface area contributed by atoms with Crippen LogP contribution in [0.5, 0.6) is 0 Å². The molecule has 0 aromatic heterocycles. The summed E-state index contributed by atoms with van der Waals surface area (Å²) in [6.45, 7) is 9.66. The molecule has 1 fully saturated rings. The van der Waals surface area contributed by atoms with E-state index in [9.17, 15) is 24.0 Å². The molecule has 4 atom stereocenters. The number of Topliss-reactive ketones (excluding diaryl/α,β-unsaturated/α-hetero) is 2. The molecular weight excluding hydrogens is 448 g/mol. The van der Waals surface area contributed by atoms with Crippen molar-refractivity contribution in [3.63, 3.8) is 0 Å². The molecule has 0 N–H and O–H groups in total. The van der Waals surface area contributed by atoms with Gasteiger partial charge in [-0.05, 0) is 71.4 Å². The number of allylic oxidation sites excluding steroid dienone is 6. The van der Waals surface area contributed by atoms with E-state index >= 15 is 0 Å². The van der Waals surface area contributed by atoms with Crippen molar-refractivity contribution < 1.29 is 33.4 Å². The molecule has 0 saturated heterocycles. The second kappa shape index (κ2) is 8.10. The molecule has 0 bridgehead atoms. The Balaban J connectivity index is 1.75. The van der Waals surface area contributed by atoms with Crippen molar-refractivity contribution in [2.24, 2.45) is 22.2 Å². The summed E-state index contributed by atoms with van der Waals surface area (Å²) >= 11 is 0. The topological polar surface area (TPSA) is 104 Å². The minimum Gasteiger partial charge on any atom is -0.457 e. The fourth-order valence-electron chi connectivity index (χ4n) is 6.72. The Morgan fingerprint density at radius 2 is 1.80 bits per heavy atom. The van der Waals surface area contributed by atoms with Gasteiger partial charge in [0.05, 0.1) is 5.41 Å². The Morgan fingerprint density at radius 3 is 2.43 bits per heavy atom. The van der Waals surface area contributed by atoms with Gasteiger partial charge in [-0.15, -0.1) is 0 Å². The van der Waals surface area contributed by atoms with Crippen molar-refractivity contribution >= 4 is 29.3 Å². The predicted octanol–water partition coefficient (Wildman–Crippen LogP) is 4.00. The van der Waals surface area contributed by atoms with E-state index in [1.807, 2.05) is 19.9 Å². The molecule has 4 aliphatic carbocycles. The average Bonchev–Trinajstić information content (AvgIpc) is 3.03. The molecule has 188 valence electrons. The largest absolute Gasteiger partial charge is 0.457 e. The lowest BCUT2D eigenvalue weighted by Gasteiger charge is -2.51. The maximum absolute atomic E-state index is 13.8. The van der Waals surface area contributed by atoms with Crippen molar-refractivity contribution in [3.05, 3.63) is 34.9 Å². The van der Waals surface area contributed by atoms with Gasteiger partial charge < -0.3 is 9.47 Å². The smallest absolute Gasteiger partial charge is 0.311 e. The second-order valence-electron chi connectivity index (χ2n) is 11.8. The van der Waals surface area contributed by atoms with E-state index in [0.29, 0.717) is 24.8 Å². The zero-order valence-corrected chi connectivity index (χ0v) is 21.4. The third-order valence-electron chi connectivity index (χ3n) is 8.49. The van der Waals surface area contributed by atoms with E-state index < -0.39 is 46.2 Å². The number of ether oxygens (including phenoxy) is 2. The fraction of sp³-hybridized carbons (Fsp3) is 0.607. The van der Waals surface area contributed by atoms with Crippen LogP contribution in [0.25, 0.3) is 0 Å². The molecule has 0 unspecified atom stereocenters. The molecule has 7 heteroatoms. The van der Waals surface area contributed by atoms with E-state index in [0.717, 1.165) is 11.1 Å². The summed E-state index contributed by atoms with van der Waals surface area (Å²) in [6.07, 6.45) is 7.12. The van der Waals surface area contributed by atoms with Gasteiger partial charge in [0.1, 0.15) is 0 Å². The van der Waals surface area contributed by atoms with E-state index in [1.54, 1.807) is 26.8 Å². The highest BCUT2D eigenvalue weighted by atomic mass is 16.6. The van der Waals surface area contributed by atoms with Gasteiger partial charge in [-0.3, -0.25) is 24.0 Å². The molecule has 0 spiro atoms. The minimum absolute atomic E-state index is 0.0351. The van der Waals surface area contributed by atoms with Crippen LogP contribution >= 0.6 is 0 Å². The Kier molecular flexibility index (Phi) is 5.85. The van der Waals surface area contributed by atoms with Gasteiger partial charge in [-0.25, -0.2) is 0 Å². The van der Waals surface area contributed by atoms with Crippen LogP contribution in [0.1, 0.15) is 73.6 Å². The minimum atomic E-state index is -1.55. The van der Waals surface area contributed by atoms with Crippen molar-refractivity contribution in [2.45, 2.75) is 79.2 Å². The number of carbonyl (C=O) groups is 5. The summed E-state index contributed by atoms with van der Waals surface area (Å²) in [7, 11) is 0. The summed E-state index contributed by atoms with van der Waals surface area (Å²) < 4.78 is 11.1. The first-order valence-electron chi connectivity index (χ1n) is 12.3. The summed E-state index contributed by atoms with van der Waals surface area (Å²) in [5, 5.41) is 0. The molecule has 4 rings (SSSR count). The summed E-state index contributed by atoms with van der Waals surface area (Å²) in [5.74, 6) is -1.92. The lowest BCUT2D eigenvalue weighted by Crippen LogP contribution is -2.58.